The molecule has 0 spiro atoms. The van der Waals surface area contributed by atoms with Crippen molar-refractivity contribution in [3.05, 3.63) is 33.8 Å². The molecule has 0 bridgehead atoms. The second-order valence-electron chi connectivity index (χ2n) is 6.54. The SMILES string of the molecule is CC1(C)C(C(N)Cc2ccc(Cl)c(Cl)c2)C1(C)C. The summed E-state index contributed by atoms with van der Waals surface area (Å²) >= 11 is 12.0. The van der Waals surface area contributed by atoms with Crippen molar-refractivity contribution in [1.82, 2.24) is 0 Å². The van der Waals surface area contributed by atoms with Gasteiger partial charge in [0.1, 0.15) is 0 Å². The van der Waals surface area contributed by atoms with Crippen molar-refractivity contribution in [1.29, 1.82) is 0 Å². The van der Waals surface area contributed by atoms with Gasteiger partial charge in [-0.15, -0.1) is 0 Å². The summed E-state index contributed by atoms with van der Waals surface area (Å²) < 4.78 is 0. The van der Waals surface area contributed by atoms with Crippen molar-refractivity contribution in [2.24, 2.45) is 22.5 Å². The Morgan fingerprint density at radius 2 is 1.67 bits per heavy atom. The van der Waals surface area contributed by atoms with Crippen molar-refractivity contribution in [3.63, 3.8) is 0 Å². The normalized spacial score (nSPS) is 22.8. The minimum atomic E-state index is 0.173. The van der Waals surface area contributed by atoms with Gasteiger partial charge in [0.2, 0.25) is 0 Å². The topological polar surface area (TPSA) is 26.0 Å². The van der Waals surface area contributed by atoms with Gasteiger partial charge in [0, 0.05) is 6.04 Å². The van der Waals surface area contributed by atoms with Crippen LogP contribution in [0.3, 0.4) is 0 Å². The van der Waals surface area contributed by atoms with Crippen LogP contribution in [0.5, 0.6) is 0 Å². The zero-order chi connectivity index (χ0) is 13.7. The molecule has 0 aromatic heterocycles. The van der Waals surface area contributed by atoms with E-state index in [-0.39, 0.29) is 6.04 Å². The van der Waals surface area contributed by atoms with Crippen molar-refractivity contribution < 1.29 is 0 Å². The third kappa shape index (κ3) is 2.17. The maximum absolute atomic E-state index is 6.37. The van der Waals surface area contributed by atoms with Crippen LogP contribution in [0.15, 0.2) is 18.2 Å². The second-order valence-corrected chi connectivity index (χ2v) is 7.35. The predicted molar refractivity (Wildman–Crippen MR) is 79.2 cm³/mol. The number of benzene rings is 1. The van der Waals surface area contributed by atoms with Gasteiger partial charge in [-0.25, -0.2) is 0 Å². The van der Waals surface area contributed by atoms with E-state index in [9.17, 15) is 0 Å². The lowest BCUT2D eigenvalue weighted by molar-refractivity contribution is 0.457. The molecule has 0 radical (unpaired) electrons. The molecule has 1 atom stereocenters. The summed E-state index contributed by atoms with van der Waals surface area (Å²) in [5.74, 6) is 0.555. The van der Waals surface area contributed by atoms with Crippen LogP contribution in [-0.4, -0.2) is 6.04 Å². The molecule has 1 unspecified atom stereocenters. The summed E-state index contributed by atoms with van der Waals surface area (Å²) in [6.07, 6.45) is 0.856. The summed E-state index contributed by atoms with van der Waals surface area (Å²) in [4.78, 5) is 0. The van der Waals surface area contributed by atoms with Gasteiger partial charge in [-0.05, 0) is 40.9 Å². The van der Waals surface area contributed by atoms with Gasteiger partial charge in [-0.2, -0.15) is 0 Å². The highest BCUT2D eigenvalue weighted by Gasteiger charge is 2.66. The lowest BCUT2D eigenvalue weighted by Crippen LogP contribution is -2.28. The monoisotopic (exact) mass is 285 g/mol. The molecule has 0 saturated heterocycles. The maximum atomic E-state index is 6.37. The molecule has 18 heavy (non-hydrogen) atoms. The molecule has 2 N–H and O–H groups in total. The first kappa shape index (κ1) is 14.2. The highest BCUT2D eigenvalue weighted by molar-refractivity contribution is 6.42. The van der Waals surface area contributed by atoms with E-state index in [2.05, 4.69) is 27.7 Å². The van der Waals surface area contributed by atoms with E-state index in [1.807, 2.05) is 18.2 Å². The van der Waals surface area contributed by atoms with E-state index in [0.29, 0.717) is 26.8 Å². The third-order valence-electron chi connectivity index (χ3n) is 5.02. The van der Waals surface area contributed by atoms with Crippen LogP contribution in [-0.2, 0) is 6.42 Å². The lowest BCUT2D eigenvalue weighted by Gasteiger charge is -2.14. The Kier molecular flexibility index (Phi) is 3.46. The molecule has 1 aromatic rings. The molecule has 0 amide bonds. The van der Waals surface area contributed by atoms with Gasteiger partial charge in [0.25, 0.3) is 0 Å². The van der Waals surface area contributed by atoms with E-state index in [0.717, 1.165) is 12.0 Å². The van der Waals surface area contributed by atoms with Gasteiger partial charge in [0.15, 0.2) is 0 Å². The molecular weight excluding hydrogens is 265 g/mol. The van der Waals surface area contributed by atoms with Crippen LogP contribution >= 0.6 is 23.2 Å². The molecule has 1 fully saturated rings. The van der Waals surface area contributed by atoms with Gasteiger partial charge in [0.05, 0.1) is 10.0 Å². The first-order valence-corrected chi connectivity index (χ1v) is 7.13. The molecule has 0 aliphatic heterocycles. The molecule has 1 aliphatic rings. The molecule has 1 aromatic carbocycles. The second kappa shape index (κ2) is 4.40. The molecule has 2 rings (SSSR count). The third-order valence-corrected chi connectivity index (χ3v) is 5.75. The Bertz CT molecular complexity index is 452. The molecule has 0 heterocycles. The van der Waals surface area contributed by atoms with E-state index in [1.54, 1.807) is 0 Å². The Balaban J connectivity index is 2.09. The van der Waals surface area contributed by atoms with Crippen LogP contribution in [0.2, 0.25) is 10.0 Å². The van der Waals surface area contributed by atoms with Crippen molar-refractivity contribution >= 4 is 23.2 Å². The zero-order valence-electron chi connectivity index (χ0n) is 11.4. The maximum Gasteiger partial charge on any atom is 0.0595 e. The fourth-order valence-corrected chi connectivity index (χ4v) is 3.70. The fourth-order valence-electron chi connectivity index (χ4n) is 3.37. The van der Waals surface area contributed by atoms with Crippen molar-refractivity contribution in [2.45, 2.75) is 40.2 Å². The summed E-state index contributed by atoms with van der Waals surface area (Å²) in [7, 11) is 0. The molecule has 1 aliphatic carbocycles. The van der Waals surface area contributed by atoms with Crippen LogP contribution in [0.4, 0.5) is 0 Å². The van der Waals surface area contributed by atoms with E-state index >= 15 is 0 Å². The number of nitrogens with two attached hydrogens (primary N) is 1. The smallest absolute Gasteiger partial charge is 0.0595 e. The highest BCUT2D eigenvalue weighted by Crippen LogP contribution is 2.69. The Morgan fingerprint density at radius 3 is 2.11 bits per heavy atom. The lowest BCUT2D eigenvalue weighted by atomic mass is 9.98. The van der Waals surface area contributed by atoms with Gasteiger partial charge >= 0.3 is 0 Å². The van der Waals surface area contributed by atoms with E-state index in [1.165, 1.54) is 0 Å². The summed E-state index contributed by atoms with van der Waals surface area (Å²) in [6, 6.07) is 5.95. The largest absolute Gasteiger partial charge is 0.327 e. The molecule has 1 nitrogen and oxygen atoms in total. The van der Waals surface area contributed by atoms with Crippen LogP contribution in [0, 0.1) is 16.7 Å². The summed E-state index contributed by atoms with van der Waals surface area (Å²) in [6.45, 7) is 9.19. The van der Waals surface area contributed by atoms with Crippen molar-refractivity contribution in [3.8, 4) is 0 Å². The van der Waals surface area contributed by atoms with E-state index < -0.39 is 0 Å². The molecule has 3 heteroatoms. The zero-order valence-corrected chi connectivity index (χ0v) is 12.9. The Labute approximate surface area is 120 Å². The minimum Gasteiger partial charge on any atom is -0.327 e. The standard InChI is InChI=1S/C15H21Cl2N/c1-14(2)13(15(14,3)4)12(18)8-9-5-6-10(16)11(17)7-9/h5-7,12-13H,8,18H2,1-4H3. The Morgan fingerprint density at radius 1 is 1.11 bits per heavy atom. The van der Waals surface area contributed by atoms with Crippen molar-refractivity contribution in [2.75, 3.05) is 0 Å². The quantitative estimate of drug-likeness (QED) is 0.867. The molecule has 100 valence electrons. The molecule has 1 saturated carbocycles. The van der Waals surface area contributed by atoms with E-state index in [4.69, 9.17) is 28.9 Å². The summed E-state index contributed by atoms with van der Waals surface area (Å²) in [5.41, 5.74) is 8.18. The van der Waals surface area contributed by atoms with Gasteiger partial charge < -0.3 is 5.73 Å². The summed E-state index contributed by atoms with van der Waals surface area (Å²) in [5, 5.41) is 1.21. The average Bonchev–Trinajstić information content (AvgIpc) is 2.63. The van der Waals surface area contributed by atoms with Crippen LogP contribution in [0.1, 0.15) is 33.3 Å². The fraction of sp³-hybridized carbons (Fsp3) is 0.600. The van der Waals surface area contributed by atoms with Gasteiger partial charge in [-0.3, -0.25) is 0 Å². The first-order valence-electron chi connectivity index (χ1n) is 6.37. The first-order chi connectivity index (χ1) is 8.18. The minimum absolute atomic E-state index is 0.173. The predicted octanol–water partition coefficient (Wildman–Crippen LogP) is 4.55. The number of hydrogen-bond acceptors (Lipinski definition) is 1. The van der Waals surface area contributed by atoms with Gasteiger partial charge in [-0.1, -0.05) is 57.0 Å². The number of hydrogen-bond donors (Lipinski definition) is 1. The molecular formula is C15H21Cl2N. The van der Waals surface area contributed by atoms with Crippen LogP contribution < -0.4 is 5.73 Å². The van der Waals surface area contributed by atoms with Crippen LogP contribution in [0.25, 0.3) is 0 Å². The number of rotatable bonds is 3. The Hall–Kier alpha value is -0.240. The highest BCUT2D eigenvalue weighted by atomic mass is 35.5. The number of halogens is 2. The average molecular weight is 286 g/mol.